The lowest BCUT2D eigenvalue weighted by Crippen LogP contribution is -2.15. The molecule has 2 N–H and O–H groups in total. The number of aromatic amines is 1. The van der Waals surface area contributed by atoms with Gasteiger partial charge in [-0.1, -0.05) is 11.6 Å². The number of imidazole rings is 1. The third kappa shape index (κ3) is 3.32. The number of nitrogens with zero attached hydrogens (tertiary/aromatic N) is 6. The highest BCUT2D eigenvalue weighted by atomic mass is 35.5. The molecule has 1 saturated carbocycles. The van der Waals surface area contributed by atoms with E-state index in [1.54, 1.807) is 46.1 Å². The van der Waals surface area contributed by atoms with Crippen molar-refractivity contribution >= 4 is 39.9 Å². The first-order valence-corrected chi connectivity index (χ1v) is 10.5. The van der Waals surface area contributed by atoms with Gasteiger partial charge in [-0.3, -0.25) is 19.6 Å². The van der Waals surface area contributed by atoms with Gasteiger partial charge in [-0.05, 0) is 12.5 Å². The average Bonchev–Trinajstić information content (AvgIpc) is 3.22. The lowest BCUT2D eigenvalue weighted by molar-refractivity contribution is -0.117. The van der Waals surface area contributed by atoms with E-state index in [1.807, 2.05) is 0 Å². The smallest absolute Gasteiger partial charge is 0.231 e. The number of carbonyl (C=O) groups excluding carboxylic acids is 1. The third-order valence-corrected chi connectivity index (χ3v) is 6.02. The molecule has 2 atom stereocenters. The molecule has 33 heavy (non-hydrogen) atoms. The second kappa shape index (κ2) is 7.34. The van der Waals surface area contributed by atoms with Crippen LogP contribution in [0.2, 0.25) is 5.02 Å². The van der Waals surface area contributed by atoms with Crippen molar-refractivity contribution < 1.29 is 13.6 Å². The maximum absolute atomic E-state index is 15.4. The predicted molar refractivity (Wildman–Crippen MR) is 116 cm³/mol. The minimum Gasteiger partial charge on any atom is -0.309 e. The molecule has 166 valence electrons. The summed E-state index contributed by atoms with van der Waals surface area (Å²) >= 11 is 6.49. The summed E-state index contributed by atoms with van der Waals surface area (Å²) in [7, 11) is 0. The number of amides is 1. The van der Waals surface area contributed by atoms with Gasteiger partial charge in [0, 0.05) is 35.1 Å². The monoisotopic (exact) mass is 468 g/mol. The molecule has 0 aliphatic heterocycles. The van der Waals surface area contributed by atoms with Crippen LogP contribution in [0.25, 0.3) is 27.8 Å². The molecule has 4 aromatic heterocycles. The molecule has 1 aromatic carbocycles. The molecule has 1 aliphatic carbocycles. The Morgan fingerprint density at radius 1 is 1.33 bits per heavy atom. The maximum Gasteiger partial charge on any atom is 0.231 e. The fourth-order valence-corrected chi connectivity index (χ4v) is 4.19. The van der Waals surface area contributed by atoms with Gasteiger partial charge in [-0.2, -0.15) is 10.2 Å². The summed E-state index contributed by atoms with van der Waals surface area (Å²) in [4.78, 5) is 20.7. The zero-order valence-corrected chi connectivity index (χ0v) is 17.6. The molecule has 4 heterocycles. The van der Waals surface area contributed by atoms with Gasteiger partial charge in [0.2, 0.25) is 5.91 Å². The molecule has 1 fully saturated rings. The van der Waals surface area contributed by atoms with Crippen LogP contribution in [0, 0.1) is 11.7 Å². The Labute approximate surface area is 189 Å². The summed E-state index contributed by atoms with van der Waals surface area (Å²) in [6, 6.07) is 1.75. The molecule has 5 aromatic rings. The lowest BCUT2D eigenvalue weighted by atomic mass is 10.0. The van der Waals surface area contributed by atoms with E-state index in [-0.39, 0.29) is 23.8 Å². The zero-order valence-electron chi connectivity index (χ0n) is 16.8. The summed E-state index contributed by atoms with van der Waals surface area (Å²) < 4.78 is 31.7. The first kappa shape index (κ1) is 19.8. The van der Waals surface area contributed by atoms with Crippen molar-refractivity contribution in [1.82, 2.24) is 34.3 Å². The number of anilines is 1. The second-order valence-corrected chi connectivity index (χ2v) is 8.23. The number of benzene rings is 1. The Morgan fingerprint density at radius 2 is 2.18 bits per heavy atom. The molecule has 12 heteroatoms. The van der Waals surface area contributed by atoms with E-state index >= 15 is 4.39 Å². The van der Waals surface area contributed by atoms with Gasteiger partial charge < -0.3 is 9.72 Å². The summed E-state index contributed by atoms with van der Waals surface area (Å²) in [6.45, 7) is 0.176. The van der Waals surface area contributed by atoms with Gasteiger partial charge in [0.25, 0.3) is 0 Å². The Hall–Kier alpha value is -3.86. The predicted octanol–water partition coefficient (Wildman–Crippen LogP) is 3.61. The number of halogens is 3. The number of rotatable bonds is 5. The molecule has 0 spiro atoms. The van der Waals surface area contributed by atoms with Crippen LogP contribution in [0.1, 0.15) is 12.0 Å². The van der Waals surface area contributed by atoms with Gasteiger partial charge >= 0.3 is 0 Å². The van der Waals surface area contributed by atoms with Crippen molar-refractivity contribution in [3.63, 3.8) is 0 Å². The summed E-state index contributed by atoms with van der Waals surface area (Å²) in [6.07, 6.45) is 8.73. The van der Waals surface area contributed by atoms with E-state index in [0.29, 0.717) is 33.4 Å². The van der Waals surface area contributed by atoms with E-state index < -0.39 is 23.8 Å². The van der Waals surface area contributed by atoms with Crippen LogP contribution in [-0.2, 0) is 11.3 Å². The van der Waals surface area contributed by atoms with Crippen LogP contribution in [0.4, 0.5) is 14.6 Å². The standard InChI is InChI=1S/C21H15ClF2N8O/c22-18-17(11-5-26-30-20(11)12(19(18)24)7-32-3-1-2-27-32)14-8-31-9-15(28-16(31)6-25-14)29-21(33)10-4-13(10)23/h1-3,5-6,8-10,13H,4,7H2,(H,26,30)(H,29,33). The van der Waals surface area contributed by atoms with Crippen molar-refractivity contribution in [2.75, 3.05) is 5.32 Å². The Balaban J connectivity index is 1.41. The van der Waals surface area contributed by atoms with Crippen molar-refractivity contribution in [3.05, 3.63) is 59.7 Å². The number of carbonyl (C=O) groups is 1. The minimum atomic E-state index is -1.10. The molecule has 0 saturated heterocycles. The van der Waals surface area contributed by atoms with Gasteiger partial charge in [0.05, 0.1) is 47.3 Å². The number of nitrogens with one attached hydrogen (secondary N) is 2. The molecule has 2 unspecified atom stereocenters. The van der Waals surface area contributed by atoms with Gasteiger partial charge in [0.15, 0.2) is 11.5 Å². The summed E-state index contributed by atoms with van der Waals surface area (Å²) in [5.41, 5.74) is 2.05. The summed E-state index contributed by atoms with van der Waals surface area (Å²) in [5, 5.41) is 14.2. The number of fused-ring (bicyclic) bond motifs is 2. The van der Waals surface area contributed by atoms with Gasteiger partial charge in [0.1, 0.15) is 12.0 Å². The van der Waals surface area contributed by atoms with Gasteiger partial charge in [-0.25, -0.2) is 13.8 Å². The Morgan fingerprint density at radius 3 is 2.94 bits per heavy atom. The van der Waals surface area contributed by atoms with Crippen LogP contribution in [0.3, 0.4) is 0 Å². The fraction of sp³-hybridized carbons (Fsp3) is 0.190. The largest absolute Gasteiger partial charge is 0.309 e. The van der Waals surface area contributed by atoms with Crippen LogP contribution in [0.15, 0.2) is 43.2 Å². The average molecular weight is 469 g/mol. The molecule has 6 rings (SSSR count). The molecular formula is C21H15ClF2N8O. The van der Waals surface area contributed by atoms with E-state index in [9.17, 15) is 9.18 Å². The van der Waals surface area contributed by atoms with Crippen LogP contribution in [0.5, 0.6) is 0 Å². The highest BCUT2D eigenvalue weighted by molar-refractivity contribution is 6.35. The molecule has 0 bridgehead atoms. The fourth-order valence-electron chi connectivity index (χ4n) is 3.87. The first-order chi connectivity index (χ1) is 16.0. The molecular weight excluding hydrogens is 454 g/mol. The van der Waals surface area contributed by atoms with Crippen LogP contribution < -0.4 is 5.32 Å². The lowest BCUT2D eigenvalue weighted by Gasteiger charge is -2.12. The number of hydrogen-bond acceptors (Lipinski definition) is 5. The Kier molecular flexibility index (Phi) is 4.40. The highest BCUT2D eigenvalue weighted by Gasteiger charge is 2.43. The molecule has 1 aliphatic rings. The molecule has 9 nitrogen and oxygen atoms in total. The Bertz CT molecular complexity index is 1530. The van der Waals surface area contributed by atoms with Crippen molar-refractivity contribution in [1.29, 1.82) is 0 Å². The SMILES string of the molecule is O=C(Nc1cn2cc(-c3c(Cl)c(F)c(Cn4cccn4)c4[nH]ncc34)ncc2n1)C1CC1F. The van der Waals surface area contributed by atoms with Gasteiger partial charge in [-0.15, -0.1) is 0 Å². The van der Waals surface area contributed by atoms with Crippen molar-refractivity contribution in [2.24, 2.45) is 5.92 Å². The van der Waals surface area contributed by atoms with Crippen LogP contribution in [-0.4, -0.2) is 46.4 Å². The maximum atomic E-state index is 15.4. The molecule has 1 amide bonds. The number of alkyl halides is 1. The molecule has 0 radical (unpaired) electrons. The number of H-pyrrole nitrogens is 1. The van der Waals surface area contributed by atoms with Crippen LogP contribution >= 0.6 is 11.6 Å². The van der Waals surface area contributed by atoms with E-state index in [2.05, 4.69) is 30.6 Å². The van der Waals surface area contributed by atoms with Crippen molar-refractivity contribution in [3.8, 4) is 11.3 Å². The quantitative estimate of drug-likeness (QED) is 0.410. The van der Waals surface area contributed by atoms with Crippen molar-refractivity contribution in [2.45, 2.75) is 19.1 Å². The van der Waals surface area contributed by atoms with E-state index in [0.717, 1.165) is 0 Å². The highest BCUT2D eigenvalue weighted by Crippen LogP contribution is 2.39. The summed E-state index contributed by atoms with van der Waals surface area (Å²) in [5.74, 6) is -1.35. The number of hydrogen-bond donors (Lipinski definition) is 2. The normalized spacial score (nSPS) is 17.7. The zero-order chi connectivity index (χ0) is 22.7. The van der Waals surface area contributed by atoms with E-state index in [1.165, 1.54) is 6.20 Å². The topological polar surface area (TPSA) is 106 Å². The number of aromatic nitrogens is 7. The third-order valence-electron chi connectivity index (χ3n) is 5.67. The van der Waals surface area contributed by atoms with E-state index in [4.69, 9.17) is 11.6 Å². The minimum absolute atomic E-state index is 0.0886. The first-order valence-electron chi connectivity index (χ1n) is 10.1. The second-order valence-electron chi connectivity index (χ2n) is 7.86.